The van der Waals surface area contributed by atoms with Crippen molar-refractivity contribution in [3.8, 4) is 0 Å². The zero-order valence-corrected chi connectivity index (χ0v) is 7.48. The second-order valence-electron chi connectivity index (χ2n) is 2.32. The van der Waals surface area contributed by atoms with E-state index in [2.05, 4.69) is 22.0 Å². The molecule has 1 aromatic rings. The van der Waals surface area contributed by atoms with Crippen LogP contribution >= 0.6 is 15.9 Å². The van der Waals surface area contributed by atoms with E-state index in [1.54, 1.807) is 0 Å². The molecule has 10 heavy (non-hydrogen) atoms. The van der Waals surface area contributed by atoms with Gasteiger partial charge in [0.2, 0.25) is 0 Å². The Morgan fingerprint density at radius 2 is 2.20 bits per heavy atom. The Bertz CT molecular complexity index is 233. The van der Waals surface area contributed by atoms with Gasteiger partial charge in [-0.25, -0.2) is 0 Å². The molecule has 1 aromatic carbocycles. The zero-order valence-electron chi connectivity index (χ0n) is 5.89. The van der Waals surface area contributed by atoms with Crippen molar-refractivity contribution in [3.05, 3.63) is 29.3 Å². The van der Waals surface area contributed by atoms with Crippen molar-refractivity contribution >= 4 is 29.2 Å². The summed E-state index contributed by atoms with van der Waals surface area (Å²) in [5.41, 5.74) is 3.24. The molecule has 0 saturated carbocycles. The van der Waals surface area contributed by atoms with Crippen molar-refractivity contribution in [1.29, 1.82) is 0 Å². The molecule has 1 rings (SSSR count). The zero-order chi connectivity index (χ0) is 7.56. The van der Waals surface area contributed by atoms with Crippen LogP contribution in [-0.4, -0.2) is 7.85 Å². The molecule has 0 fully saturated rings. The van der Waals surface area contributed by atoms with Gasteiger partial charge in [0.05, 0.1) is 0 Å². The molecular formula is C8H8BBr. The summed E-state index contributed by atoms with van der Waals surface area (Å²) in [6, 6.07) is 6.09. The van der Waals surface area contributed by atoms with Gasteiger partial charge in [-0.1, -0.05) is 45.2 Å². The van der Waals surface area contributed by atoms with E-state index in [9.17, 15) is 0 Å². The number of alkyl halides is 1. The smallest absolute Gasteiger partial charge is 0.0935 e. The Morgan fingerprint density at radius 3 is 2.70 bits per heavy atom. The van der Waals surface area contributed by atoms with Gasteiger partial charge in [-0.05, 0) is 12.5 Å². The lowest BCUT2D eigenvalue weighted by Gasteiger charge is -2.01. The van der Waals surface area contributed by atoms with Crippen LogP contribution in [0.2, 0.25) is 0 Å². The molecule has 0 saturated heterocycles. The van der Waals surface area contributed by atoms with Gasteiger partial charge < -0.3 is 0 Å². The van der Waals surface area contributed by atoms with Crippen LogP contribution in [-0.2, 0) is 5.33 Å². The Balaban J connectivity index is 3.04. The molecule has 50 valence electrons. The van der Waals surface area contributed by atoms with Gasteiger partial charge in [-0.15, -0.1) is 0 Å². The van der Waals surface area contributed by atoms with E-state index >= 15 is 0 Å². The Labute approximate surface area is 71.2 Å². The number of aryl methyl sites for hydroxylation is 1. The Hall–Kier alpha value is -0.235. The molecular weight excluding hydrogens is 187 g/mol. The van der Waals surface area contributed by atoms with Crippen LogP contribution in [0.25, 0.3) is 0 Å². The minimum absolute atomic E-state index is 0.872. The summed E-state index contributed by atoms with van der Waals surface area (Å²) >= 11 is 3.36. The molecule has 0 aromatic heterocycles. The molecule has 2 heteroatoms. The highest BCUT2D eigenvalue weighted by Crippen LogP contribution is 2.04. The van der Waals surface area contributed by atoms with Crippen LogP contribution in [0.3, 0.4) is 0 Å². The normalized spacial score (nSPS) is 9.80. The predicted octanol–water partition coefficient (Wildman–Crippen LogP) is 1.68. The third-order valence-corrected chi connectivity index (χ3v) is 2.15. The second kappa shape index (κ2) is 3.24. The molecule has 2 radical (unpaired) electrons. The van der Waals surface area contributed by atoms with Crippen LogP contribution in [0.5, 0.6) is 0 Å². The summed E-state index contributed by atoms with van der Waals surface area (Å²) in [6.45, 7) is 2.01. The predicted molar refractivity (Wildman–Crippen MR) is 49.2 cm³/mol. The lowest BCUT2D eigenvalue weighted by Crippen LogP contribution is -2.06. The molecule has 0 nitrogen and oxygen atoms in total. The van der Waals surface area contributed by atoms with E-state index in [4.69, 9.17) is 7.85 Å². The van der Waals surface area contributed by atoms with Gasteiger partial charge in [0.15, 0.2) is 0 Å². The van der Waals surface area contributed by atoms with E-state index in [1.165, 1.54) is 5.56 Å². The van der Waals surface area contributed by atoms with Gasteiger partial charge in [0.25, 0.3) is 0 Å². The van der Waals surface area contributed by atoms with Crippen molar-refractivity contribution < 1.29 is 0 Å². The summed E-state index contributed by atoms with van der Waals surface area (Å²) in [6.07, 6.45) is 0. The maximum atomic E-state index is 5.68. The van der Waals surface area contributed by atoms with Gasteiger partial charge in [0.1, 0.15) is 7.85 Å². The number of rotatable bonds is 1. The molecule has 0 atom stereocenters. The standard InChI is InChI=1S/C8H8BBr/c1-6-2-3-7(5-10)4-8(6)9/h2-4H,5H2,1H3. The number of halogens is 1. The molecule has 0 unspecified atom stereocenters. The topological polar surface area (TPSA) is 0 Å². The van der Waals surface area contributed by atoms with Crippen molar-refractivity contribution in [2.24, 2.45) is 0 Å². The van der Waals surface area contributed by atoms with Crippen LogP contribution in [0.15, 0.2) is 18.2 Å². The first-order chi connectivity index (χ1) is 4.74. The molecule has 0 aliphatic heterocycles. The van der Waals surface area contributed by atoms with E-state index in [0.29, 0.717) is 0 Å². The first kappa shape index (κ1) is 7.87. The highest BCUT2D eigenvalue weighted by atomic mass is 79.9. The number of hydrogen-bond donors (Lipinski definition) is 0. The molecule has 0 amide bonds. The fourth-order valence-corrected chi connectivity index (χ4v) is 1.12. The average molecular weight is 195 g/mol. The van der Waals surface area contributed by atoms with Gasteiger partial charge in [0, 0.05) is 5.33 Å². The van der Waals surface area contributed by atoms with Crippen molar-refractivity contribution in [2.75, 3.05) is 0 Å². The van der Waals surface area contributed by atoms with Crippen molar-refractivity contribution in [1.82, 2.24) is 0 Å². The van der Waals surface area contributed by atoms with Crippen molar-refractivity contribution in [2.45, 2.75) is 12.3 Å². The van der Waals surface area contributed by atoms with Crippen LogP contribution in [0, 0.1) is 6.92 Å². The summed E-state index contributed by atoms with van der Waals surface area (Å²) in [5, 5.41) is 0.872. The lowest BCUT2D eigenvalue weighted by atomic mass is 9.90. The van der Waals surface area contributed by atoms with E-state index in [-0.39, 0.29) is 0 Å². The second-order valence-corrected chi connectivity index (χ2v) is 2.89. The first-order valence-corrected chi connectivity index (χ1v) is 4.27. The summed E-state index contributed by atoms with van der Waals surface area (Å²) in [7, 11) is 5.68. The van der Waals surface area contributed by atoms with Crippen LogP contribution < -0.4 is 5.46 Å². The quantitative estimate of drug-likeness (QED) is 0.472. The first-order valence-electron chi connectivity index (χ1n) is 3.15. The summed E-state index contributed by atoms with van der Waals surface area (Å²) in [5.74, 6) is 0. The monoisotopic (exact) mass is 194 g/mol. The van der Waals surface area contributed by atoms with Gasteiger partial charge in [-0.3, -0.25) is 0 Å². The SMILES string of the molecule is [B]c1cc(CBr)ccc1C. The minimum atomic E-state index is 0.872. The van der Waals surface area contributed by atoms with Crippen LogP contribution in [0.1, 0.15) is 11.1 Å². The molecule has 0 aliphatic rings. The minimum Gasteiger partial charge on any atom is -0.0935 e. The molecule has 0 spiro atoms. The van der Waals surface area contributed by atoms with Gasteiger partial charge in [-0.2, -0.15) is 0 Å². The Morgan fingerprint density at radius 1 is 1.50 bits per heavy atom. The molecule has 0 bridgehead atoms. The van der Waals surface area contributed by atoms with Crippen molar-refractivity contribution in [3.63, 3.8) is 0 Å². The van der Waals surface area contributed by atoms with Crippen LogP contribution in [0.4, 0.5) is 0 Å². The Kier molecular flexibility index (Phi) is 2.55. The maximum Gasteiger partial charge on any atom is 0.114 e. The molecule has 0 aliphatic carbocycles. The third kappa shape index (κ3) is 1.63. The number of benzene rings is 1. The fraction of sp³-hybridized carbons (Fsp3) is 0.250. The van der Waals surface area contributed by atoms with E-state index < -0.39 is 0 Å². The van der Waals surface area contributed by atoms with E-state index in [0.717, 1.165) is 16.4 Å². The largest absolute Gasteiger partial charge is 0.114 e. The summed E-state index contributed by atoms with van der Waals surface area (Å²) < 4.78 is 0. The third-order valence-electron chi connectivity index (χ3n) is 1.50. The lowest BCUT2D eigenvalue weighted by molar-refractivity contribution is 1.41. The van der Waals surface area contributed by atoms with Gasteiger partial charge >= 0.3 is 0 Å². The number of hydrogen-bond acceptors (Lipinski definition) is 0. The average Bonchev–Trinajstić information content (AvgIpc) is 1.95. The highest BCUT2D eigenvalue weighted by Gasteiger charge is 1.92. The molecule has 0 N–H and O–H groups in total. The molecule has 0 heterocycles. The summed E-state index contributed by atoms with van der Waals surface area (Å²) in [4.78, 5) is 0. The maximum absolute atomic E-state index is 5.68. The highest BCUT2D eigenvalue weighted by molar-refractivity contribution is 9.08. The van der Waals surface area contributed by atoms with E-state index in [1.807, 2.05) is 19.1 Å². The fourth-order valence-electron chi connectivity index (χ4n) is 0.773.